The van der Waals surface area contributed by atoms with Crippen molar-refractivity contribution in [3.63, 3.8) is 0 Å². The number of amides is 2. The van der Waals surface area contributed by atoms with Gasteiger partial charge in [0, 0.05) is 69.9 Å². The van der Waals surface area contributed by atoms with Crippen LogP contribution < -0.4 is 37.7 Å². The van der Waals surface area contributed by atoms with Crippen molar-refractivity contribution in [2.24, 2.45) is 11.5 Å². The van der Waals surface area contributed by atoms with Crippen LogP contribution in [0.1, 0.15) is 43.0 Å². The smallest absolute Gasteiger partial charge is 0.416 e. The van der Waals surface area contributed by atoms with E-state index in [-0.39, 0.29) is 44.5 Å². The van der Waals surface area contributed by atoms with Crippen LogP contribution in [0, 0.1) is 0 Å². The molecule has 22 heteroatoms. The number of halogens is 3. The summed E-state index contributed by atoms with van der Waals surface area (Å²) in [5, 5.41) is 37.1. The van der Waals surface area contributed by atoms with Crippen LogP contribution in [0.3, 0.4) is 0 Å². The highest BCUT2D eigenvalue weighted by atomic mass is 19.4. The maximum absolute atomic E-state index is 13.1. The molecule has 0 saturated carbocycles. The van der Waals surface area contributed by atoms with Crippen LogP contribution >= 0.6 is 0 Å². The van der Waals surface area contributed by atoms with Crippen molar-refractivity contribution in [3.8, 4) is 5.75 Å². The zero-order chi connectivity index (χ0) is 43.6. The highest BCUT2D eigenvalue weighted by molar-refractivity contribution is 5.80. The van der Waals surface area contributed by atoms with Crippen molar-refractivity contribution in [2.75, 3.05) is 31.1 Å². The first kappa shape index (κ1) is 44.2. The maximum Gasteiger partial charge on any atom is 0.416 e. The molecule has 4 aliphatic heterocycles. The van der Waals surface area contributed by atoms with E-state index in [1.165, 1.54) is 12.1 Å². The fourth-order valence-corrected chi connectivity index (χ4v) is 7.96. The van der Waals surface area contributed by atoms with Gasteiger partial charge in [-0.3, -0.25) is 28.8 Å². The molecule has 0 aliphatic carbocycles. The van der Waals surface area contributed by atoms with Gasteiger partial charge in [0.1, 0.15) is 54.5 Å². The number of aromatic nitrogens is 2. The van der Waals surface area contributed by atoms with Crippen LogP contribution in [0.25, 0.3) is 0 Å². The summed E-state index contributed by atoms with van der Waals surface area (Å²) < 4.78 is 63.2. The SMILES string of the molecule is NC[C@H]1O[C@H]2O[C@H](C3OC(n4ccc(=O)[nH]c4=O)[C@H](O)[C@@H]3O)[C@H](C(N)=O)N(CCCC(=O)NCc3ccc(N4CCC(Oc5ccc(C(F)(F)F)cc5)CC4)cc3)O[C@@H]2[C@@H]1O. The molecule has 19 nitrogen and oxygen atoms in total. The number of H-pyrrole nitrogens is 1. The van der Waals surface area contributed by atoms with Crippen LogP contribution in [0.15, 0.2) is 70.4 Å². The number of hydroxylamine groups is 2. The summed E-state index contributed by atoms with van der Waals surface area (Å²) >= 11 is 0. The Hall–Kier alpha value is -4.91. The molecular formula is C39H48F3N7O12. The van der Waals surface area contributed by atoms with Crippen LogP contribution in [0.2, 0.25) is 0 Å². The molecule has 10 atom stereocenters. The summed E-state index contributed by atoms with van der Waals surface area (Å²) in [5.74, 6) is -0.941. The average Bonchev–Trinajstić information content (AvgIpc) is 3.62. The molecule has 5 heterocycles. The number of benzene rings is 2. The number of carbonyl (C=O) groups is 2. The summed E-state index contributed by atoms with van der Waals surface area (Å²) in [6.07, 6.45) is -15.0. The van der Waals surface area contributed by atoms with E-state index in [1.54, 1.807) is 0 Å². The Morgan fingerprint density at radius 2 is 1.61 bits per heavy atom. The first-order chi connectivity index (χ1) is 29.1. The summed E-state index contributed by atoms with van der Waals surface area (Å²) in [6, 6.07) is 11.8. The quantitative estimate of drug-likeness (QED) is 0.111. The van der Waals surface area contributed by atoms with Gasteiger partial charge in [-0.05, 0) is 48.4 Å². The lowest BCUT2D eigenvalue weighted by atomic mass is 9.98. The van der Waals surface area contributed by atoms with Gasteiger partial charge in [0.05, 0.1) is 5.56 Å². The number of hydrogen-bond donors (Lipinski definition) is 7. The van der Waals surface area contributed by atoms with E-state index in [0.29, 0.717) is 31.7 Å². The Balaban J connectivity index is 0.931. The number of nitrogens with two attached hydrogens (primary N) is 2. The molecule has 4 saturated heterocycles. The summed E-state index contributed by atoms with van der Waals surface area (Å²) in [6.45, 7) is 1.34. The number of primary amides is 1. The Labute approximate surface area is 345 Å². The summed E-state index contributed by atoms with van der Waals surface area (Å²) in [5.41, 5.74) is 11.1. The van der Waals surface area contributed by atoms with Crippen molar-refractivity contribution < 1.29 is 61.9 Å². The molecule has 61 heavy (non-hydrogen) atoms. The first-order valence-electron chi connectivity index (χ1n) is 19.8. The van der Waals surface area contributed by atoms with E-state index in [4.69, 9.17) is 35.3 Å². The number of aliphatic hydroxyl groups is 3. The maximum atomic E-state index is 13.1. The highest BCUT2D eigenvalue weighted by Crippen LogP contribution is 2.38. The molecule has 332 valence electrons. The zero-order valence-corrected chi connectivity index (χ0v) is 32.6. The Bertz CT molecular complexity index is 2100. The second-order valence-corrected chi connectivity index (χ2v) is 15.3. The van der Waals surface area contributed by atoms with E-state index in [9.17, 15) is 47.7 Å². The number of anilines is 1. The predicted octanol–water partition coefficient (Wildman–Crippen LogP) is -0.782. The van der Waals surface area contributed by atoms with Gasteiger partial charge in [-0.25, -0.2) is 4.79 Å². The van der Waals surface area contributed by atoms with Gasteiger partial charge >= 0.3 is 11.9 Å². The van der Waals surface area contributed by atoms with Crippen molar-refractivity contribution in [3.05, 3.63) is 92.8 Å². The third-order valence-corrected chi connectivity index (χ3v) is 11.2. The van der Waals surface area contributed by atoms with Crippen molar-refractivity contribution in [1.29, 1.82) is 0 Å². The minimum atomic E-state index is -4.41. The lowest BCUT2D eigenvalue weighted by molar-refractivity contribution is -0.238. The Kier molecular flexibility index (Phi) is 13.5. The summed E-state index contributed by atoms with van der Waals surface area (Å²) in [4.78, 5) is 60.6. The number of alkyl halides is 3. The predicted molar refractivity (Wildman–Crippen MR) is 205 cm³/mol. The number of aromatic amines is 1. The number of fused-ring (bicyclic) bond motifs is 1. The van der Waals surface area contributed by atoms with Gasteiger partial charge in [0.25, 0.3) is 5.56 Å². The topological polar surface area (TPSA) is 266 Å². The Morgan fingerprint density at radius 3 is 2.25 bits per heavy atom. The standard InChI is InChI=1S/C39H48F3N7O12/c40-39(41,42)21-5-9-23(10-6-21)57-24-11-15-47(16-12-24)22-7-3-20(4-8-22)19-45-26(50)2-1-14-49-28(35(44)55)32(60-37-34(61-49)29(52)25(18-43)58-37)33-30(53)31(54)36(59-33)48-17-13-27(51)46-38(48)56/h3-10,13,17,24-25,28-34,36-37,52-54H,1-2,11-12,14-16,18-19,43H2,(H2,44,55)(H,45,50)(H,46,51,56)/t25-,28-,29-,30+,31-,32+,33?,34-,36?,37+/m1/s1. The average molecular weight is 864 g/mol. The lowest BCUT2D eigenvalue weighted by Crippen LogP contribution is -2.58. The van der Waals surface area contributed by atoms with E-state index < -0.39 is 90.2 Å². The molecule has 0 spiro atoms. The molecular weight excluding hydrogens is 815 g/mol. The number of aliphatic hydroxyl groups excluding tert-OH is 3. The second-order valence-electron chi connectivity index (χ2n) is 15.3. The van der Waals surface area contributed by atoms with Crippen LogP contribution in [0.4, 0.5) is 18.9 Å². The van der Waals surface area contributed by atoms with Gasteiger partial charge in [0.2, 0.25) is 11.8 Å². The van der Waals surface area contributed by atoms with E-state index in [0.717, 1.165) is 45.3 Å². The van der Waals surface area contributed by atoms with E-state index >= 15 is 0 Å². The van der Waals surface area contributed by atoms with Gasteiger partial charge in [0.15, 0.2) is 18.6 Å². The molecule has 2 amide bonds. The minimum absolute atomic E-state index is 0.0323. The molecule has 2 unspecified atom stereocenters. The number of piperidine rings is 1. The number of ether oxygens (including phenoxy) is 4. The molecule has 1 aromatic heterocycles. The van der Waals surface area contributed by atoms with Gasteiger partial charge < -0.3 is 56.0 Å². The molecule has 4 fully saturated rings. The summed E-state index contributed by atoms with van der Waals surface area (Å²) in [7, 11) is 0. The molecule has 0 bridgehead atoms. The van der Waals surface area contributed by atoms with Gasteiger partial charge in [-0.1, -0.05) is 12.1 Å². The normalized spacial score (nSPS) is 29.9. The second kappa shape index (κ2) is 18.6. The van der Waals surface area contributed by atoms with Crippen molar-refractivity contribution in [1.82, 2.24) is 19.9 Å². The Morgan fingerprint density at radius 1 is 0.902 bits per heavy atom. The van der Waals surface area contributed by atoms with Crippen LogP contribution in [0.5, 0.6) is 5.75 Å². The number of nitrogens with zero attached hydrogens (tertiary/aromatic N) is 3. The number of nitrogens with one attached hydrogen (secondary N) is 2. The fourth-order valence-electron chi connectivity index (χ4n) is 7.96. The molecule has 2 aromatic carbocycles. The largest absolute Gasteiger partial charge is 0.490 e. The fraction of sp³-hybridized carbons (Fsp3) is 0.538. The molecule has 0 radical (unpaired) electrons. The van der Waals surface area contributed by atoms with E-state index in [1.807, 2.05) is 29.2 Å². The monoisotopic (exact) mass is 863 g/mol. The minimum Gasteiger partial charge on any atom is -0.490 e. The van der Waals surface area contributed by atoms with Crippen molar-refractivity contribution >= 4 is 17.5 Å². The zero-order valence-electron chi connectivity index (χ0n) is 32.6. The molecule has 3 aromatic rings. The molecule has 7 rings (SSSR count). The third kappa shape index (κ3) is 9.92. The number of carbonyl (C=O) groups excluding carboxylic acids is 2. The first-order valence-corrected chi connectivity index (χ1v) is 19.8. The van der Waals surface area contributed by atoms with Gasteiger partial charge in [-0.2, -0.15) is 18.2 Å². The third-order valence-electron chi connectivity index (χ3n) is 11.2. The van der Waals surface area contributed by atoms with Crippen molar-refractivity contribution in [2.45, 2.75) is 106 Å². The number of rotatable bonds is 13. The van der Waals surface area contributed by atoms with Crippen LogP contribution in [-0.4, -0.2) is 129 Å². The van der Waals surface area contributed by atoms with Gasteiger partial charge in [-0.15, -0.1) is 0 Å². The van der Waals surface area contributed by atoms with E-state index in [2.05, 4.69) is 10.2 Å². The lowest BCUT2D eigenvalue weighted by Gasteiger charge is -2.35. The number of hydrogen-bond acceptors (Lipinski definition) is 15. The molecule has 9 N–H and O–H groups in total. The highest BCUT2D eigenvalue weighted by Gasteiger charge is 2.58. The van der Waals surface area contributed by atoms with Crippen LogP contribution in [-0.2, 0) is 41.4 Å². The molecule has 4 aliphatic rings.